The second kappa shape index (κ2) is 5.84. The van der Waals surface area contributed by atoms with Crippen LogP contribution in [0.5, 0.6) is 0 Å². The fourth-order valence-corrected chi connectivity index (χ4v) is 1.75. The Kier molecular flexibility index (Phi) is 4.73. The first-order chi connectivity index (χ1) is 7.58. The van der Waals surface area contributed by atoms with Crippen LogP contribution < -0.4 is 10.6 Å². The van der Waals surface area contributed by atoms with Gasteiger partial charge in [0.2, 0.25) is 11.8 Å². The Morgan fingerprint density at radius 2 is 2.31 bits per heavy atom. The molecule has 1 rings (SSSR count). The number of nitrogens with zero attached hydrogens (tertiary/aromatic N) is 1. The Balaban J connectivity index is 2.36. The lowest BCUT2D eigenvalue weighted by atomic mass is 10.1. The van der Waals surface area contributed by atoms with Crippen LogP contribution in [0.15, 0.2) is 0 Å². The first-order valence-electron chi connectivity index (χ1n) is 5.81. The van der Waals surface area contributed by atoms with E-state index < -0.39 is 0 Å². The summed E-state index contributed by atoms with van der Waals surface area (Å²) in [5.74, 6) is -0.0905. The lowest BCUT2D eigenvalue weighted by Gasteiger charge is -2.15. The van der Waals surface area contributed by atoms with Crippen LogP contribution in [0.1, 0.15) is 20.3 Å². The van der Waals surface area contributed by atoms with Gasteiger partial charge in [-0.15, -0.1) is 0 Å². The van der Waals surface area contributed by atoms with E-state index in [9.17, 15) is 9.59 Å². The van der Waals surface area contributed by atoms with E-state index in [-0.39, 0.29) is 23.8 Å². The minimum absolute atomic E-state index is 0.00796. The maximum Gasteiger partial charge on any atom is 0.225 e. The summed E-state index contributed by atoms with van der Waals surface area (Å²) in [6.07, 6.45) is 0.355. The van der Waals surface area contributed by atoms with Crippen LogP contribution in [0.3, 0.4) is 0 Å². The molecule has 0 bridgehead atoms. The molecule has 5 nitrogen and oxygen atoms in total. The molecule has 0 aromatic carbocycles. The van der Waals surface area contributed by atoms with E-state index in [1.807, 2.05) is 20.9 Å². The molecule has 0 radical (unpaired) electrons. The lowest BCUT2D eigenvalue weighted by molar-refractivity contribution is -0.128. The largest absolute Gasteiger partial charge is 0.354 e. The quantitative estimate of drug-likeness (QED) is 0.670. The zero-order chi connectivity index (χ0) is 12.1. The van der Waals surface area contributed by atoms with Crippen molar-refractivity contribution in [1.29, 1.82) is 0 Å². The van der Waals surface area contributed by atoms with Crippen molar-refractivity contribution in [2.24, 2.45) is 5.92 Å². The molecule has 1 aliphatic rings. The zero-order valence-corrected chi connectivity index (χ0v) is 10.2. The highest BCUT2D eigenvalue weighted by atomic mass is 16.2. The van der Waals surface area contributed by atoms with E-state index in [1.54, 1.807) is 4.90 Å². The Labute approximate surface area is 96.6 Å². The van der Waals surface area contributed by atoms with Gasteiger partial charge in [0.25, 0.3) is 0 Å². The molecule has 0 spiro atoms. The molecule has 2 unspecified atom stereocenters. The number of carbonyl (C=O) groups is 2. The molecule has 2 N–H and O–H groups in total. The molecule has 5 heteroatoms. The monoisotopic (exact) mass is 227 g/mol. The number of hydrogen-bond acceptors (Lipinski definition) is 3. The molecule has 1 aliphatic heterocycles. The van der Waals surface area contributed by atoms with E-state index in [2.05, 4.69) is 10.6 Å². The highest BCUT2D eigenvalue weighted by molar-refractivity contribution is 5.89. The fourth-order valence-electron chi connectivity index (χ4n) is 1.75. The number of carbonyl (C=O) groups excluding carboxylic acids is 2. The Morgan fingerprint density at radius 3 is 2.81 bits per heavy atom. The fraction of sp³-hybridized carbons (Fsp3) is 0.818. The molecule has 0 saturated carbocycles. The number of rotatable bonds is 5. The van der Waals surface area contributed by atoms with Crippen molar-refractivity contribution in [2.45, 2.75) is 26.3 Å². The van der Waals surface area contributed by atoms with Crippen LogP contribution in [-0.2, 0) is 9.59 Å². The standard InChI is InChI=1S/C11H21N3O2/c1-4-14-7-9(5-10(14)15)11(16)13-6-8(2)12-3/h8-9,12H,4-7H2,1-3H3,(H,13,16). The van der Waals surface area contributed by atoms with Gasteiger partial charge in [-0.05, 0) is 20.9 Å². The number of likely N-dealkylation sites (N-methyl/N-ethyl adjacent to an activating group) is 1. The number of amides is 2. The summed E-state index contributed by atoms with van der Waals surface area (Å²) in [6.45, 7) is 5.79. The summed E-state index contributed by atoms with van der Waals surface area (Å²) in [5, 5.41) is 5.91. The predicted molar refractivity (Wildman–Crippen MR) is 61.9 cm³/mol. The molecule has 16 heavy (non-hydrogen) atoms. The SMILES string of the molecule is CCN1CC(C(=O)NCC(C)NC)CC1=O. The smallest absolute Gasteiger partial charge is 0.225 e. The van der Waals surface area contributed by atoms with Gasteiger partial charge in [0, 0.05) is 32.1 Å². The van der Waals surface area contributed by atoms with Crippen LogP contribution in [0.25, 0.3) is 0 Å². The lowest BCUT2D eigenvalue weighted by Crippen LogP contribution is -2.40. The summed E-state index contributed by atoms with van der Waals surface area (Å²) in [7, 11) is 1.86. The maximum atomic E-state index is 11.8. The van der Waals surface area contributed by atoms with Crippen molar-refractivity contribution in [3.8, 4) is 0 Å². The van der Waals surface area contributed by atoms with Crippen molar-refractivity contribution in [2.75, 3.05) is 26.7 Å². The summed E-state index contributed by atoms with van der Waals surface area (Å²) < 4.78 is 0. The average Bonchev–Trinajstić information content (AvgIpc) is 2.66. The highest BCUT2D eigenvalue weighted by Crippen LogP contribution is 2.17. The molecule has 92 valence electrons. The summed E-state index contributed by atoms with van der Waals surface area (Å²) in [4.78, 5) is 24.9. The second-order valence-electron chi connectivity index (χ2n) is 4.27. The molecule has 0 aromatic heterocycles. The zero-order valence-electron chi connectivity index (χ0n) is 10.2. The molecule has 0 aromatic rings. The van der Waals surface area contributed by atoms with Crippen LogP contribution >= 0.6 is 0 Å². The molecule has 2 amide bonds. The van der Waals surface area contributed by atoms with Gasteiger partial charge >= 0.3 is 0 Å². The Morgan fingerprint density at radius 1 is 1.62 bits per heavy atom. The third-order valence-corrected chi connectivity index (χ3v) is 3.04. The van der Waals surface area contributed by atoms with Crippen LogP contribution in [-0.4, -0.2) is 49.4 Å². The third-order valence-electron chi connectivity index (χ3n) is 3.04. The van der Waals surface area contributed by atoms with Gasteiger partial charge in [0.05, 0.1) is 5.92 Å². The van der Waals surface area contributed by atoms with E-state index in [0.717, 1.165) is 0 Å². The molecule has 1 fully saturated rings. The van der Waals surface area contributed by atoms with Crippen LogP contribution in [0, 0.1) is 5.92 Å². The van der Waals surface area contributed by atoms with Gasteiger partial charge in [-0.1, -0.05) is 0 Å². The van der Waals surface area contributed by atoms with Gasteiger partial charge in [-0.25, -0.2) is 0 Å². The van der Waals surface area contributed by atoms with Crippen LogP contribution in [0.2, 0.25) is 0 Å². The molecule has 0 aliphatic carbocycles. The Hall–Kier alpha value is -1.10. The van der Waals surface area contributed by atoms with Crippen molar-refractivity contribution < 1.29 is 9.59 Å². The molecule has 1 saturated heterocycles. The highest BCUT2D eigenvalue weighted by Gasteiger charge is 2.33. The topological polar surface area (TPSA) is 61.4 Å². The number of nitrogens with one attached hydrogen (secondary N) is 2. The van der Waals surface area contributed by atoms with Gasteiger partial charge in [0.1, 0.15) is 0 Å². The Bertz CT molecular complexity index is 268. The number of hydrogen-bond donors (Lipinski definition) is 2. The maximum absolute atomic E-state index is 11.8. The summed E-state index contributed by atoms with van der Waals surface area (Å²) >= 11 is 0. The minimum atomic E-state index is -0.170. The van der Waals surface area contributed by atoms with E-state index in [4.69, 9.17) is 0 Å². The molecular formula is C11H21N3O2. The number of likely N-dealkylation sites (tertiary alicyclic amines) is 1. The normalized spacial score (nSPS) is 22.3. The second-order valence-corrected chi connectivity index (χ2v) is 4.27. The summed E-state index contributed by atoms with van der Waals surface area (Å²) in [5.41, 5.74) is 0. The van der Waals surface area contributed by atoms with Crippen LogP contribution in [0.4, 0.5) is 0 Å². The van der Waals surface area contributed by atoms with Crippen molar-refractivity contribution >= 4 is 11.8 Å². The van der Waals surface area contributed by atoms with Gasteiger partial charge in [-0.2, -0.15) is 0 Å². The first kappa shape index (κ1) is 13.0. The van der Waals surface area contributed by atoms with Gasteiger partial charge < -0.3 is 15.5 Å². The van der Waals surface area contributed by atoms with E-state index >= 15 is 0 Å². The van der Waals surface area contributed by atoms with Crippen molar-refractivity contribution in [1.82, 2.24) is 15.5 Å². The molecule has 1 heterocycles. The average molecular weight is 227 g/mol. The molecular weight excluding hydrogens is 206 g/mol. The van der Waals surface area contributed by atoms with Gasteiger partial charge in [0.15, 0.2) is 0 Å². The van der Waals surface area contributed by atoms with Crippen molar-refractivity contribution in [3.05, 3.63) is 0 Å². The van der Waals surface area contributed by atoms with Gasteiger partial charge in [-0.3, -0.25) is 9.59 Å². The third kappa shape index (κ3) is 3.20. The minimum Gasteiger partial charge on any atom is -0.354 e. The van der Waals surface area contributed by atoms with Crippen molar-refractivity contribution in [3.63, 3.8) is 0 Å². The summed E-state index contributed by atoms with van der Waals surface area (Å²) in [6, 6.07) is 0.253. The van der Waals surface area contributed by atoms with E-state index in [1.165, 1.54) is 0 Å². The van der Waals surface area contributed by atoms with E-state index in [0.29, 0.717) is 26.1 Å². The molecule has 2 atom stereocenters. The first-order valence-corrected chi connectivity index (χ1v) is 5.81. The predicted octanol–water partition coefficient (Wildman–Crippen LogP) is -0.421.